The molecule has 2 N–H and O–H groups in total. The van der Waals surface area contributed by atoms with Crippen molar-refractivity contribution in [2.24, 2.45) is 5.92 Å². The van der Waals surface area contributed by atoms with Gasteiger partial charge in [-0.2, -0.15) is 0 Å². The Labute approximate surface area is 196 Å². The fourth-order valence-corrected chi connectivity index (χ4v) is 5.41. The average molecular weight is 450 g/mol. The Morgan fingerprint density at radius 3 is 2.61 bits per heavy atom. The van der Waals surface area contributed by atoms with E-state index in [0.717, 1.165) is 69.8 Å². The Balaban J connectivity index is 2.11. The molecule has 0 saturated heterocycles. The molecule has 1 heterocycles. The van der Waals surface area contributed by atoms with Crippen LogP contribution in [0.1, 0.15) is 55.0 Å². The lowest BCUT2D eigenvalue weighted by molar-refractivity contribution is -0.136. The van der Waals surface area contributed by atoms with Crippen molar-refractivity contribution in [1.82, 2.24) is 0 Å². The molecule has 1 unspecified atom stereocenters. The molecule has 176 valence electrons. The van der Waals surface area contributed by atoms with Crippen LogP contribution < -0.4 is 9.64 Å². The Morgan fingerprint density at radius 2 is 1.97 bits per heavy atom. The van der Waals surface area contributed by atoms with Gasteiger partial charge in [-0.1, -0.05) is 18.2 Å². The molecular formula is C28H35NO4. The first-order chi connectivity index (χ1) is 15.5. The first-order valence-electron chi connectivity index (χ1n) is 11.7. The zero-order chi connectivity index (χ0) is 24.1. The van der Waals surface area contributed by atoms with E-state index in [-0.39, 0.29) is 13.0 Å². The van der Waals surface area contributed by atoms with Crippen LogP contribution in [0.2, 0.25) is 0 Å². The number of benzene rings is 2. The molecule has 0 spiro atoms. The van der Waals surface area contributed by atoms with Gasteiger partial charge in [0.25, 0.3) is 0 Å². The minimum Gasteiger partial charge on any atom is -0.487 e. The van der Waals surface area contributed by atoms with Crippen LogP contribution in [-0.4, -0.2) is 42.0 Å². The number of ether oxygens (including phenoxy) is 1. The van der Waals surface area contributed by atoms with Gasteiger partial charge in [0, 0.05) is 24.8 Å². The Kier molecular flexibility index (Phi) is 6.04. The number of hydrogen-bond donors (Lipinski definition) is 2. The number of carboxylic acids is 1. The second-order valence-electron chi connectivity index (χ2n) is 10.5. The SMILES string of the molecule is Cc1ccc(-c2c3c4c(c(C)c2CC(=O)O)N(C)CCC(C4)C(CO)=C3)c(OC(C)(C)C)c1. The number of anilines is 1. The summed E-state index contributed by atoms with van der Waals surface area (Å²) in [4.78, 5) is 14.3. The summed E-state index contributed by atoms with van der Waals surface area (Å²) in [6.45, 7) is 11.0. The average Bonchev–Trinajstić information content (AvgIpc) is 2.86. The number of carboxylic acid groups (broad SMARTS) is 1. The highest BCUT2D eigenvalue weighted by atomic mass is 16.5. The highest BCUT2D eigenvalue weighted by molar-refractivity contribution is 5.92. The summed E-state index contributed by atoms with van der Waals surface area (Å²) in [6.07, 6.45) is 3.89. The molecule has 0 radical (unpaired) electrons. The van der Waals surface area contributed by atoms with Gasteiger partial charge in [-0.15, -0.1) is 0 Å². The normalized spacial score (nSPS) is 17.5. The molecule has 5 heteroatoms. The summed E-state index contributed by atoms with van der Waals surface area (Å²) in [5.41, 5.74) is 8.82. The van der Waals surface area contributed by atoms with Crippen LogP contribution in [0.3, 0.4) is 0 Å². The van der Waals surface area contributed by atoms with E-state index in [1.54, 1.807) is 0 Å². The van der Waals surface area contributed by atoms with Crippen LogP contribution in [0.15, 0.2) is 23.8 Å². The van der Waals surface area contributed by atoms with E-state index in [1.165, 1.54) is 5.56 Å². The number of fused-ring (bicyclic) bond motifs is 1. The van der Waals surface area contributed by atoms with Crippen LogP contribution in [0.25, 0.3) is 17.2 Å². The van der Waals surface area contributed by atoms with Crippen LogP contribution >= 0.6 is 0 Å². The number of aliphatic hydroxyl groups excluding tert-OH is 1. The molecule has 0 fully saturated rings. The third-order valence-corrected chi connectivity index (χ3v) is 6.82. The molecule has 2 bridgehead atoms. The van der Waals surface area contributed by atoms with Crippen LogP contribution in [0, 0.1) is 19.8 Å². The van der Waals surface area contributed by atoms with Gasteiger partial charge in [-0.3, -0.25) is 4.79 Å². The smallest absolute Gasteiger partial charge is 0.307 e. The first-order valence-corrected chi connectivity index (χ1v) is 11.7. The Hall–Kier alpha value is -2.79. The predicted octanol–water partition coefficient (Wildman–Crippen LogP) is 5.16. The second-order valence-corrected chi connectivity index (χ2v) is 10.5. The lowest BCUT2D eigenvalue weighted by Crippen LogP contribution is -2.24. The second kappa shape index (κ2) is 8.53. The van der Waals surface area contributed by atoms with Crippen LogP contribution in [0.4, 0.5) is 5.69 Å². The molecule has 2 aromatic carbocycles. The summed E-state index contributed by atoms with van der Waals surface area (Å²) in [5.74, 6) is 0.216. The zero-order valence-corrected chi connectivity index (χ0v) is 20.6. The zero-order valence-electron chi connectivity index (χ0n) is 20.6. The van der Waals surface area contributed by atoms with Crippen molar-refractivity contribution in [3.05, 3.63) is 51.6 Å². The third-order valence-electron chi connectivity index (χ3n) is 6.82. The van der Waals surface area contributed by atoms with Crippen molar-refractivity contribution in [3.8, 4) is 16.9 Å². The Bertz CT molecular complexity index is 1140. The molecule has 2 aromatic rings. The van der Waals surface area contributed by atoms with Gasteiger partial charge < -0.3 is 19.8 Å². The fourth-order valence-electron chi connectivity index (χ4n) is 5.41. The number of aliphatic hydroxyl groups is 1. The largest absolute Gasteiger partial charge is 0.487 e. The van der Waals surface area contributed by atoms with Gasteiger partial charge in [-0.05, 0) is 98.4 Å². The summed E-state index contributed by atoms with van der Waals surface area (Å²) in [7, 11) is 2.09. The molecule has 5 nitrogen and oxygen atoms in total. The molecule has 0 saturated carbocycles. The maximum absolute atomic E-state index is 12.0. The van der Waals surface area contributed by atoms with Gasteiger partial charge in [0.05, 0.1) is 13.0 Å². The van der Waals surface area contributed by atoms with Gasteiger partial charge in [-0.25, -0.2) is 0 Å². The minimum absolute atomic E-state index is 0.0178. The molecule has 33 heavy (non-hydrogen) atoms. The van der Waals surface area contributed by atoms with Crippen LogP contribution in [0.5, 0.6) is 5.75 Å². The van der Waals surface area contributed by atoms with Gasteiger partial charge >= 0.3 is 5.97 Å². The number of hydrogen-bond acceptors (Lipinski definition) is 4. The minimum atomic E-state index is -0.853. The number of aliphatic carboxylic acids is 1. The van der Waals surface area contributed by atoms with Crippen molar-refractivity contribution >= 4 is 17.7 Å². The van der Waals surface area contributed by atoms with Crippen molar-refractivity contribution in [2.75, 3.05) is 25.1 Å². The summed E-state index contributed by atoms with van der Waals surface area (Å²) >= 11 is 0. The molecule has 0 aromatic heterocycles. The van der Waals surface area contributed by atoms with Gasteiger partial charge in [0.15, 0.2) is 0 Å². The van der Waals surface area contributed by atoms with Gasteiger partial charge in [0.1, 0.15) is 11.4 Å². The van der Waals surface area contributed by atoms with E-state index < -0.39 is 11.6 Å². The highest BCUT2D eigenvalue weighted by Gasteiger charge is 2.33. The lowest BCUT2D eigenvalue weighted by atomic mass is 9.76. The maximum atomic E-state index is 12.0. The lowest BCUT2D eigenvalue weighted by Gasteiger charge is -2.31. The summed E-state index contributed by atoms with van der Waals surface area (Å²) in [6, 6.07) is 6.14. The Morgan fingerprint density at radius 1 is 1.24 bits per heavy atom. The highest BCUT2D eigenvalue weighted by Crippen LogP contribution is 2.49. The maximum Gasteiger partial charge on any atom is 0.307 e. The molecule has 1 atom stereocenters. The number of nitrogens with zero attached hydrogens (tertiary/aromatic N) is 1. The van der Waals surface area contributed by atoms with E-state index in [1.807, 2.05) is 33.8 Å². The van der Waals surface area contributed by atoms with Crippen molar-refractivity contribution in [3.63, 3.8) is 0 Å². The van der Waals surface area contributed by atoms with Crippen molar-refractivity contribution in [2.45, 2.75) is 59.5 Å². The summed E-state index contributed by atoms with van der Waals surface area (Å²) in [5, 5.41) is 20.0. The summed E-state index contributed by atoms with van der Waals surface area (Å²) < 4.78 is 6.40. The fraction of sp³-hybridized carbons (Fsp3) is 0.464. The molecule has 2 aliphatic rings. The molecule has 1 aliphatic carbocycles. The van der Waals surface area contributed by atoms with Crippen molar-refractivity contribution < 1.29 is 19.7 Å². The predicted molar refractivity (Wildman–Crippen MR) is 133 cm³/mol. The monoisotopic (exact) mass is 449 g/mol. The van der Waals surface area contributed by atoms with E-state index in [4.69, 9.17) is 4.74 Å². The standard InChI is InChI=1S/C28H35NO4/c1-16-7-8-20(24(11-16)33-28(3,4)5)26-21(14-25(31)32)17(2)27-23-12-18(9-10-29(27)6)19(15-30)13-22(23)26/h7-8,11,13,18,30H,9-10,12,14-15H2,1-6H3,(H,31,32). The number of carbonyl (C=O) groups is 1. The quantitative estimate of drug-likeness (QED) is 0.660. The van der Waals surface area contributed by atoms with E-state index in [9.17, 15) is 15.0 Å². The molecule has 1 aliphatic heterocycles. The van der Waals surface area contributed by atoms with Crippen molar-refractivity contribution in [1.29, 1.82) is 0 Å². The number of aryl methyl sites for hydroxylation is 1. The van der Waals surface area contributed by atoms with E-state index in [0.29, 0.717) is 5.92 Å². The van der Waals surface area contributed by atoms with E-state index >= 15 is 0 Å². The van der Waals surface area contributed by atoms with Crippen LogP contribution in [-0.2, 0) is 17.6 Å². The molecule has 0 amide bonds. The first kappa shape index (κ1) is 23.4. The number of rotatable bonds is 5. The third kappa shape index (κ3) is 4.39. The van der Waals surface area contributed by atoms with E-state index in [2.05, 4.69) is 37.1 Å². The molecular weight excluding hydrogens is 414 g/mol. The molecule has 4 rings (SSSR count). The van der Waals surface area contributed by atoms with Gasteiger partial charge in [0.2, 0.25) is 0 Å². The topological polar surface area (TPSA) is 70.0 Å².